The highest BCUT2D eigenvalue weighted by Gasteiger charge is 2.43. The van der Waals surface area contributed by atoms with Crippen molar-refractivity contribution in [3.05, 3.63) is 0 Å². The fourth-order valence-electron chi connectivity index (χ4n) is 8.07. The number of carbonyl (C=O) groups is 1. The van der Waals surface area contributed by atoms with Crippen molar-refractivity contribution < 1.29 is 23.7 Å². The van der Waals surface area contributed by atoms with Gasteiger partial charge in [0.15, 0.2) is 0 Å². The van der Waals surface area contributed by atoms with Crippen molar-refractivity contribution in [3.63, 3.8) is 0 Å². The van der Waals surface area contributed by atoms with Crippen molar-refractivity contribution >= 4 is 5.97 Å². The van der Waals surface area contributed by atoms with Crippen molar-refractivity contribution in [3.8, 4) is 0 Å². The number of rotatable bonds is 33. The van der Waals surface area contributed by atoms with Crippen molar-refractivity contribution in [2.75, 3.05) is 46.6 Å². The maximum atomic E-state index is 13.4. The first-order valence-corrected chi connectivity index (χ1v) is 22.6. The molecule has 5 atom stereocenters. The highest BCUT2D eigenvalue weighted by Crippen LogP contribution is 2.33. The van der Waals surface area contributed by atoms with Crippen LogP contribution in [0.25, 0.3) is 0 Å². The van der Waals surface area contributed by atoms with Crippen LogP contribution in [0.5, 0.6) is 0 Å². The molecular weight excluding hydrogens is 634 g/mol. The van der Waals surface area contributed by atoms with Gasteiger partial charge in [-0.2, -0.15) is 0 Å². The molecule has 0 spiro atoms. The van der Waals surface area contributed by atoms with E-state index in [1.54, 1.807) is 0 Å². The summed E-state index contributed by atoms with van der Waals surface area (Å²) in [6, 6.07) is 0. The van der Waals surface area contributed by atoms with Gasteiger partial charge in [-0.15, -0.1) is 0 Å². The van der Waals surface area contributed by atoms with Crippen LogP contribution >= 0.6 is 0 Å². The molecule has 6 nitrogen and oxygen atoms in total. The van der Waals surface area contributed by atoms with Gasteiger partial charge in [-0.3, -0.25) is 4.79 Å². The number of piperidine rings is 1. The molecule has 0 bridgehead atoms. The van der Waals surface area contributed by atoms with Crippen LogP contribution in [0, 0.1) is 17.3 Å². The molecule has 2 fully saturated rings. The lowest BCUT2D eigenvalue weighted by Crippen LogP contribution is -2.44. The molecule has 0 aliphatic carbocycles. The highest BCUT2D eigenvalue weighted by atomic mass is 16.6. The molecule has 51 heavy (non-hydrogen) atoms. The smallest absolute Gasteiger partial charge is 0.311 e. The molecule has 0 N–H and O–H groups in total. The third kappa shape index (κ3) is 20.5. The minimum absolute atomic E-state index is 0.0785. The first-order valence-electron chi connectivity index (χ1n) is 22.6. The summed E-state index contributed by atoms with van der Waals surface area (Å²) in [5, 5.41) is 0. The molecular formula is C45H87NO5. The normalized spacial score (nSPS) is 22.0. The van der Waals surface area contributed by atoms with E-state index in [2.05, 4.69) is 46.6 Å². The third-order valence-corrected chi connectivity index (χ3v) is 12.1. The number of esters is 1. The van der Waals surface area contributed by atoms with Crippen molar-refractivity contribution in [2.45, 2.75) is 220 Å². The van der Waals surface area contributed by atoms with Crippen molar-refractivity contribution in [2.24, 2.45) is 17.3 Å². The predicted molar refractivity (Wildman–Crippen MR) is 216 cm³/mol. The maximum Gasteiger partial charge on any atom is 0.311 e. The predicted octanol–water partition coefficient (Wildman–Crippen LogP) is 12.1. The van der Waals surface area contributed by atoms with E-state index in [0.29, 0.717) is 18.4 Å². The van der Waals surface area contributed by atoms with E-state index in [1.165, 1.54) is 154 Å². The molecule has 0 aromatic carbocycles. The Bertz CT molecular complexity index is 814. The van der Waals surface area contributed by atoms with Gasteiger partial charge >= 0.3 is 5.97 Å². The Hall–Kier alpha value is -0.690. The van der Waals surface area contributed by atoms with E-state index < -0.39 is 5.41 Å². The van der Waals surface area contributed by atoms with Gasteiger partial charge in [-0.1, -0.05) is 156 Å². The van der Waals surface area contributed by atoms with Gasteiger partial charge in [0, 0.05) is 0 Å². The van der Waals surface area contributed by atoms with Crippen molar-refractivity contribution in [1.82, 2.24) is 4.90 Å². The lowest BCUT2D eigenvalue weighted by molar-refractivity contribution is -0.163. The first-order chi connectivity index (χ1) is 24.9. The average molecular weight is 722 g/mol. The highest BCUT2D eigenvalue weighted by molar-refractivity contribution is 5.76. The van der Waals surface area contributed by atoms with Gasteiger partial charge in [0.1, 0.15) is 24.9 Å². The molecule has 0 aromatic rings. The van der Waals surface area contributed by atoms with E-state index in [-0.39, 0.29) is 30.9 Å². The van der Waals surface area contributed by atoms with E-state index >= 15 is 0 Å². The van der Waals surface area contributed by atoms with Crippen LogP contribution in [0.4, 0.5) is 0 Å². The summed E-state index contributed by atoms with van der Waals surface area (Å²) >= 11 is 0. The molecule has 2 saturated heterocycles. The Morgan fingerprint density at radius 3 is 1.53 bits per heavy atom. The minimum atomic E-state index is -0.417. The molecule has 0 amide bonds. The van der Waals surface area contributed by atoms with Crippen LogP contribution in [0.1, 0.15) is 202 Å². The Morgan fingerprint density at radius 2 is 1.06 bits per heavy atom. The zero-order valence-electron chi connectivity index (χ0n) is 35.0. The topological polar surface area (TPSA) is 57.2 Å². The second-order valence-electron chi connectivity index (χ2n) is 17.0. The summed E-state index contributed by atoms with van der Waals surface area (Å²) in [6.07, 6.45) is 32.5. The SMILES string of the molecule is CCCCCCCCC(CCCCCC)CO[C@@H]1[C@@H](OCC(CCCCCC)CCCCCCCC)CO[C@@H]1COC(=O)C1(C)CCN(C)CC1. The third-order valence-electron chi connectivity index (χ3n) is 12.1. The molecule has 302 valence electrons. The fourth-order valence-corrected chi connectivity index (χ4v) is 8.07. The first kappa shape index (κ1) is 46.5. The zero-order chi connectivity index (χ0) is 37.0. The lowest BCUT2D eigenvalue weighted by Gasteiger charge is -2.36. The number of ether oxygens (including phenoxy) is 4. The molecule has 0 radical (unpaired) electrons. The van der Waals surface area contributed by atoms with Crippen LogP contribution in [-0.2, 0) is 23.7 Å². The van der Waals surface area contributed by atoms with Gasteiger partial charge < -0.3 is 23.8 Å². The molecule has 2 aliphatic rings. The summed E-state index contributed by atoms with van der Waals surface area (Å²) in [5.41, 5.74) is -0.417. The van der Waals surface area contributed by atoms with Crippen LogP contribution in [0.15, 0.2) is 0 Å². The molecule has 6 heteroatoms. The van der Waals surface area contributed by atoms with Crippen LogP contribution in [0.3, 0.4) is 0 Å². The summed E-state index contributed by atoms with van der Waals surface area (Å²) in [5.74, 6) is 1.08. The molecule has 0 aromatic heterocycles. The lowest BCUT2D eigenvalue weighted by atomic mass is 9.80. The fraction of sp³-hybridized carbons (Fsp3) is 0.978. The quantitative estimate of drug-likeness (QED) is 0.0497. The Labute approximate surface area is 317 Å². The van der Waals surface area contributed by atoms with E-state index in [9.17, 15) is 4.79 Å². The molecule has 0 saturated carbocycles. The standard InChI is InChI=1S/C45H87NO5/c1-7-11-15-19-21-25-29-39(27-23-17-13-9-3)35-48-41-37-49-42(38-51-44(47)45(5)31-33-46(6)34-32-45)43(41)50-36-40(28-24-18-14-10-4)30-26-22-20-16-12-8-2/h39-43H,7-38H2,1-6H3/t39?,40?,41-,42+,43+/m0/s1. The largest absolute Gasteiger partial charge is 0.462 e. The molecule has 2 unspecified atom stereocenters. The van der Waals surface area contributed by atoms with Crippen molar-refractivity contribution in [1.29, 1.82) is 0 Å². The van der Waals surface area contributed by atoms with Gasteiger partial charge in [-0.05, 0) is 77.4 Å². The second kappa shape index (κ2) is 29.6. The molecule has 2 rings (SSSR count). The zero-order valence-corrected chi connectivity index (χ0v) is 35.0. The number of carbonyl (C=O) groups excluding carboxylic acids is 1. The molecule has 2 heterocycles. The summed E-state index contributed by atoms with van der Waals surface area (Å²) in [6.45, 7) is 15.4. The van der Waals surface area contributed by atoms with E-state index in [4.69, 9.17) is 18.9 Å². The van der Waals surface area contributed by atoms with Crippen LogP contribution < -0.4 is 0 Å². The van der Waals surface area contributed by atoms with Crippen LogP contribution in [-0.4, -0.2) is 75.7 Å². The number of unbranched alkanes of at least 4 members (excludes halogenated alkanes) is 16. The number of hydrogen-bond donors (Lipinski definition) is 0. The molecule has 2 aliphatic heterocycles. The van der Waals surface area contributed by atoms with E-state index in [0.717, 1.165) is 39.1 Å². The summed E-state index contributed by atoms with van der Waals surface area (Å²) < 4.78 is 26.2. The monoisotopic (exact) mass is 722 g/mol. The van der Waals surface area contributed by atoms with Gasteiger partial charge in [0.2, 0.25) is 0 Å². The summed E-state index contributed by atoms with van der Waals surface area (Å²) in [7, 11) is 2.13. The second-order valence-corrected chi connectivity index (χ2v) is 17.0. The minimum Gasteiger partial charge on any atom is -0.462 e. The van der Waals surface area contributed by atoms with Gasteiger partial charge in [0.25, 0.3) is 0 Å². The Morgan fingerprint density at radius 1 is 0.647 bits per heavy atom. The van der Waals surface area contributed by atoms with Gasteiger partial charge in [-0.25, -0.2) is 0 Å². The van der Waals surface area contributed by atoms with Crippen LogP contribution in [0.2, 0.25) is 0 Å². The van der Waals surface area contributed by atoms with E-state index in [1.807, 2.05) is 0 Å². The number of likely N-dealkylation sites (tertiary alicyclic amines) is 1. The Kier molecular flexibility index (Phi) is 27.0. The maximum absolute atomic E-state index is 13.4. The van der Waals surface area contributed by atoms with Gasteiger partial charge in [0.05, 0.1) is 25.2 Å². The number of hydrogen-bond acceptors (Lipinski definition) is 6. The Balaban J connectivity index is 2.06. The average Bonchev–Trinajstić information content (AvgIpc) is 3.53. The summed E-state index contributed by atoms with van der Waals surface area (Å²) in [4.78, 5) is 15.7. The number of nitrogens with zero attached hydrogens (tertiary/aromatic N) is 1.